The van der Waals surface area contributed by atoms with Gasteiger partial charge in [-0.15, -0.1) is 11.8 Å². The molecule has 6 nitrogen and oxygen atoms in total. The van der Waals surface area contributed by atoms with E-state index in [4.69, 9.17) is 4.74 Å². The van der Waals surface area contributed by atoms with Gasteiger partial charge in [-0.05, 0) is 44.5 Å². The predicted molar refractivity (Wildman–Crippen MR) is 103 cm³/mol. The van der Waals surface area contributed by atoms with E-state index in [0.29, 0.717) is 22.6 Å². The van der Waals surface area contributed by atoms with Gasteiger partial charge in [0.2, 0.25) is 5.91 Å². The number of esters is 1. The molecule has 1 aromatic carbocycles. The minimum Gasteiger partial charge on any atom is -0.465 e. The molecule has 0 radical (unpaired) electrons. The van der Waals surface area contributed by atoms with Crippen LogP contribution in [-0.2, 0) is 14.3 Å². The second kappa shape index (κ2) is 9.24. The molecule has 0 fully saturated rings. The summed E-state index contributed by atoms with van der Waals surface area (Å²) in [5.74, 6) is -0.788. The van der Waals surface area contributed by atoms with Crippen LogP contribution < -0.4 is 5.32 Å². The lowest BCUT2D eigenvalue weighted by Gasteiger charge is -2.13. The molecule has 0 saturated heterocycles. The normalized spacial score (nSPS) is 10.3. The third kappa shape index (κ3) is 4.89. The molecule has 2 aromatic rings. The maximum atomic E-state index is 13.7. The molecule has 142 valence electrons. The van der Waals surface area contributed by atoms with Gasteiger partial charge in [-0.1, -0.05) is 6.07 Å². The topological polar surface area (TPSA) is 84.1 Å². The predicted octanol–water partition coefficient (Wildman–Crippen LogP) is 3.34. The molecule has 0 aliphatic carbocycles. The maximum absolute atomic E-state index is 13.7. The van der Waals surface area contributed by atoms with Gasteiger partial charge in [0.1, 0.15) is 17.7 Å². The van der Waals surface area contributed by atoms with Crippen LogP contribution in [0.4, 0.5) is 10.2 Å². The Bertz CT molecular complexity index is 902. The van der Waals surface area contributed by atoms with Gasteiger partial charge in [0.15, 0.2) is 0 Å². The van der Waals surface area contributed by atoms with Crippen LogP contribution in [-0.4, -0.2) is 34.6 Å². The zero-order valence-electron chi connectivity index (χ0n) is 15.3. The molecule has 1 aromatic heterocycles. The minimum absolute atomic E-state index is 0.0239. The lowest BCUT2D eigenvalue weighted by molar-refractivity contribution is -0.139. The third-order valence-corrected chi connectivity index (χ3v) is 4.81. The highest BCUT2D eigenvalue weighted by molar-refractivity contribution is 8.00. The molecular formula is C19H20FN3O3S. The van der Waals surface area contributed by atoms with E-state index in [1.807, 2.05) is 0 Å². The number of aromatic nitrogens is 1. The lowest BCUT2D eigenvalue weighted by Crippen LogP contribution is -2.19. The van der Waals surface area contributed by atoms with Gasteiger partial charge in [-0.25, -0.2) is 4.39 Å². The summed E-state index contributed by atoms with van der Waals surface area (Å²) in [5, 5.41) is 12.2. The van der Waals surface area contributed by atoms with Crippen molar-refractivity contribution in [3.05, 3.63) is 46.9 Å². The molecule has 1 N–H and O–H groups in total. The second-order valence-electron chi connectivity index (χ2n) is 5.71. The van der Waals surface area contributed by atoms with Crippen LogP contribution in [0.1, 0.15) is 23.7 Å². The van der Waals surface area contributed by atoms with E-state index in [2.05, 4.69) is 11.4 Å². The van der Waals surface area contributed by atoms with Crippen LogP contribution in [0.5, 0.6) is 0 Å². The number of carbonyl (C=O) groups excluding carboxylic acids is 2. The maximum Gasteiger partial charge on any atom is 0.315 e. The first-order chi connectivity index (χ1) is 12.9. The van der Waals surface area contributed by atoms with Crippen molar-refractivity contribution >= 4 is 29.5 Å². The number of hydrogen-bond donors (Lipinski definition) is 1. The first-order valence-corrected chi connectivity index (χ1v) is 9.45. The van der Waals surface area contributed by atoms with Crippen molar-refractivity contribution in [2.75, 3.05) is 23.4 Å². The number of benzene rings is 1. The largest absolute Gasteiger partial charge is 0.465 e. The Hall–Kier alpha value is -2.79. The zero-order chi connectivity index (χ0) is 20.0. The number of rotatable bonds is 7. The lowest BCUT2D eigenvalue weighted by atomic mass is 10.2. The standard InChI is InChI=1S/C19H20FN3O3S/c1-4-26-18(25)11-27-10-17(24)22-19-16(9-21)12(2)13(3)23(19)15-7-5-6-14(20)8-15/h5-8H,4,10-11H2,1-3H3,(H,22,24). The Kier molecular flexibility index (Phi) is 7.02. The van der Waals surface area contributed by atoms with Crippen LogP contribution in [0, 0.1) is 31.0 Å². The Morgan fingerprint density at radius 2 is 2.07 bits per heavy atom. The van der Waals surface area contributed by atoms with Crippen molar-refractivity contribution in [2.45, 2.75) is 20.8 Å². The molecule has 0 spiro atoms. The van der Waals surface area contributed by atoms with E-state index in [9.17, 15) is 19.2 Å². The molecular weight excluding hydrogens is 369 g/mol. The van der Waals surface area contributed by atoms with Gasteiger partial charge in [-0.2, -0.15) is 5.26 Å². The smallest absolute Gasteiger partial charge is 0.315 e. The number of ether oxygens (including phenoxy) is 1. The highest BCUT2D eigenvalue weighted by Gasteiger charge is 2.21. The van der Waals surface area contributed by atoms with Crippen LogP contribution in [0.2, 0.25) is 0 Å². The summed E-state index contributed by atoms with van der Waals surface area (Å²) in [4.78, 5) is 23.7. The zero-order valence-corrected chi connectivity index (χ0v) is 16.2. The quantitative estimate of drug-likeness (QED) is 0.734. The number of nitrogens with one attached hydrogen (secondary N) is 1. The van der Waals surface area contributed by atoms with Gasteiger partial charge in [-0.3, -0.25) is 14.2 Å². The van der Waals surface area contributed by atoms with Crippen molar-refractivity contribution in [3.63, 3.8) is 0 Å². The summed E-state index contributed by atoms with van der Waals surface area (Å²) in [5.41, 5.74) is 2.26. The molecule has 0 bridgehead atoms. The summed E-state index contributed by atoms with van der Waals surface area (Å²) in [6, 6.07) is 8.01. The molecule has 1 amide bonds. The van der Waals surface area contributed by atoms with Crippen LogP contribution in [0.25, 0.3) is 5.69 Å². The van der Waals surface area contributed by atoms with Crippen molar-refractivity contribution in [1.29, 1.82) is 5.26 Å². The van der Waals surface area contributed by atoms with Gasteiger partial charge >= 0.3 is 5.97 Å². The number of thioether (sulfide) groups is 1. The number of amides is 1. The summed E-state index contributed by atoms with van der Waals surface area (Å²) in [6.45, 7) is 5.57. The fraction of sp³-hybridized carbons (Fsp3) is 0.316. The Labute approximate surface area is 161 Å². The molecule has 0 aliphatic heterocycles. The molecule has 0 saturated carbocycles. The Morgan fingerprint density at radius 3 is 2.70 bits per heavy atom. The summed E-state index contributed by atoms with van der Waals surface area (Å²) in [7, 11) is 0. The molecule has 0 aliphatic rings. The van der Waals surface area contributed by atoms with Gasteiger partial charge in [0.05, 0.1) is 29.4 Å². The molecule has 0 atom stereocenters. The second-order valence-corrected chi connectivity index (χ2v) is 6.69. The first-order valence-electron chi connectivity index (χ1n) is 8.30. The molecule has 8 heteroatoms. The minimum atomic E-state index is -0.418. The molecule has 1 heterocycles. The van der Waals surface area contributed by atoms with Crippen molar-refractivity contribution in [3.8, 4) is 11.8 Å². The number of nitrogens with zero attached hydrogens (tertiary/aromatic N) is 2. The van der Waals surface area contributed by atoms with Crippen LogP contribution in [0.15, 0.2) is 24.3 Å². The van der Waals surface area contributed by atoms with Crippen molar-refractivity contribution < 1.29 is 18.7 Å². The number of anilines is 1. The fourth-order valence-electron chi connectivity index (χ4n) is 2.60. The first kappa shape index (κ1) is 20.5. The fourth-order valence-corrected chi connectivity index (χ4v) is 3.21. The highest BCUT2D eigenvalue weighted by atomic mass is 32.2. The number of halogens is 1. The summed E-state index contributed by atoms with van der Waals surface area (Å²) < 4.78 is 20.1. The average Bonchev–Trinajstić information content (AvgIpc) is 2.85. The SMILES string of the molecule is CCOC(=O)CSCC(=O)Nc1c(C#N)c(C)c(C)n1-c1cccc(F)c1. The summed E-state index contributed by atoms with van der Waals surface area (Å²) >= 11 is 1.12. The highest BCUT2D eigenvalue weighted by Crippen LogP contribution is 2.30. The summed E-state index contributed by atoms with van der Waals surface area (Å²) in [6.07, 6.45) is 0. The number of nitriles is 1. The van der Waals surface area contributed by atoms with E-state index < -0.39 is 5.82 Å². The van der Waals surface area contributed by atoms with E-state index >= 15 is 0 Å². The van der Waals surface area contributed by atoms with E-state index in [0.717, 1.165) is 17.5 Å². The van der Waals surface area contributed by atoms with Crippen molar-refractivity contribution in [2.24, 2.45) is 0 Å². The Balaban J connectivity index is 2.25. The van der Waals surface area contributed by atoms with Crippen molar-refractivity contribution in [1.82, 2.24) is 4.57 Å². The van der Waals surface area contributed by atoms with E-state index in [1.165, 1.54) is 12.1 Å². The van der Waals surface area contributed by atoms with Crippen LogP contribution >= 0.6 is 11.8 Å². The van der Waals surface area contributed by atoms with E-state index in [1.54, 1.807) is 37.5 Å². The molecule has 2 rings (SSSR count). The van der Waals surface area contributed by atoms with Gasteiger partial charge in [0.25, 0.3) is 0 Å². The number of hydrogen-bond acceptors (Lipinski definition) is 5. The molecule has 27 heavy (non-hydrogen) atoms. The Morgan fingerprint density at radius 1 is 1.33 bits per heavy atom. The van der Waals surface area contributed by atoms with Crippen LogP contribution in [0.3, 0.4) is 0 Å². The third-order valence-electron chi connectivity index (χ3n) is 3.91. The van der Waals surface area contributed by atoms with E-state index in [-0.39, 0.29) is 30.0 Å². The van der Waals surface area contributed by atoms with Gasteiger partial charge in [0, 0.05) is 5.69 Å². The number of carbonyl (C=O) groups is 2. The average molecular weight is 389 g/mol. The monoisotopic (exact) mass is 389 g/mol. The molecule has 0 unspecified atom stereocenters. The van der Waals surface area contributed by atoms with Gasteiger partial charge < -0.3 is 10.1 Å².